The normalized spacial score (nSPS) is 10.9. The van der Waals surface area contributed by atoms with Crippen molar-refractivity contribution < 1.29 is 9.53 Å². The van der Waals surface area contributed by atoms with Gasteiger partial charge in [-0.15, -0.1) is 0 Å². The van der Waals surface area contributed by atoms with Gasteiger partial charge in [-0.25, -0.2) is 9.78 Å². The van der Waals surface area contributed by atoms with E-state index in [4.69, 9.17) is 10.00 Å². The maximum Gasteiger partial charge on any atom is 0.350 e. The number of aromatic nitrogens is 1. The molecule has 0 aliphatic heterocycles. The molecule has 0 spiro atoms. The first kappa shape index (κ1) is 13.6. The van der Waals surface area contributed by atoms with Crippen LogP contribution in [0.15, 0.2) is 48.2 Å². The summed E-state index contributed by atoms with van der Waals surface area (Å²) in [5, 5.41) is 12.7. The minimum absolute atomic E-state index is 0.0955. The maximum absolute atomic E-state index is 11.4. The zero-order valence-corrected chi connectivity index (χ0v) is 11.0. The van der Waals surface area contributed by atoms with Gasteiger partial charge in [0.05, 0.1) is 12.1 Å². The molecule has 100 valence electrons. The monoisotopic (exact) mass is 267 g/mol. The molecule has 1 heterocycles. The molecule has 0 saturated carbocycles. The number of anilines is 1. The second-order valence-electron chi connectivity index (χ2n) is 3.92. The SMILES string of the molecule is CCOC(=O)/C(C#N)=C/Nc1ccc2ccccc2n1. The van der Waals surface area contributed by atoms with Crippen LogP contribution in [0.4, 0.5) is 5.82 Å². The number of ether oxygens (including phenoxy) is 1. The summed E-state index contributed by atoms with van der Waals surface area (Å²) in [7, 11) is 0. The fourth-order valence-electron chi connectivity index (χ4n) is 1.64. The fourth-order valence-corrected chi connectivity index (χ4v) is 1.64. The number of pyridine rings is 1. The summed E-state index contributed by atoms with van der Waals surface area (Å²) in [6.45, 7) is 1.91. The van der Waals surface area contributed by atoms with E-state index in [1.165, 1.54) is 6.20 Å². The van der Waals surface area contributed by atoms with Gasteiger partial charge in [-0.1, -0.05) is 18.2 Å². The number of fused-ring (bicyclic) bond motifs is 1. The molecule has 0 aliphatic carbocycles. The molecule has 20 heavy (non-hydrogen) atoms. The average molecular weight is 267 g/mol. The number of benzene rings is 1. The molecule has 0 amide bonds. The average Bonchev–Trinajstić information content (AvgIpc) is 2.48. The molecule has 0 fully saturated rings. The predicted molar refractivity (Wildman–Crippen MR) is 75.7 cm³/mol. The molecule has 5 nitrogen and oxygen atoms in total. The van der Waals surface area contributed by atoms with Gasteiger partial charge in [0, 0.05) is 11.6 Å². The number of nitrogens with zero attached hydrogens (tertiary/aromatic N) is 2. The van der Waals surface area contributed by atoms with Crippen LogP contribution in [0.25, 0.3) is 10.9 Å². The van der Waals surface area contributed by atoms with Gasteiger partial charge in [-0.3, -0.25) is 0 Å². The van der Waals surface area contributed by atoms with Gasteiger partial charge >= 0.3 is 5.97 Å². The van der Waals surface area contributed by atoms with Crippen molar-refractivity contribution in [2.75, 3.05) is 11.9 Å². The lowest BCUT2D eigenvalue weighted by Crippen LogP contribution is -2.08. The summed E-state index contributed by atoms with van der Waals surface area (Å²) in [5.74, 6) is -0.0935. The highest BCUT2D eigenvalue weighted by atomic mass is 16.5. The van der Waals surface area contributed by atoms with Crippen LogP contribution < -0.4 is 5.32 Å². The molecule has 5 heteroatoms. The number of hydrogen-bond acceptors (Lipinski definition) is 5. The van der Waals surface area contributed by atoms with Crippen LogP contribution in [0.5, 0.6) is 0 Å². The molecule has 0 unspecified atom stereocenters. The highest BCUT2D eigenvalue weighted by molar-refractivity contribution is 5.93. The Morgan fingerprint density at radius 2 is 2.20 bits per heavy atom. The molecule has 1 aromatic heterocycles. The topological polar surface area (TPSA) is 75.0 Å². The first-order valence-electron chi connectivity index (χ1n) is 6.14. The maximum atomic E-state index is 11.4. The number of nitriles is 1. The minimum atomic E-state index is -0.650. The van der Waals surface area contributed by atoms with Crippen LogP contribution in [0.1, 0.15) is 6.92 Å². The number of nitrogens with one attached hydrogen (secondary N) is 1. The number of carbonyl (C=O) groups is 1. The van der Waals surface area contributed by atoms with E-state index < -0.39 is 5.97 Å². The number of carbonyl (C=O) groups excluding carboxylic acids is 1. The zero-order chi connectivity index (χ0) is 14.4. The van der Waals surface area contributed by atoms with E-state index in [2.05, 4.69) is 10.3 Å². The van der Waals surface area contributed by atoms with E-state index >= 15 is 0 Å². The number of para-hydroxylation sites is 1. The van der Waals surface area contributed by atoms with Crippen molar-refractivity contribution in [1.82, 2.24) is 4.98 Å². The van der Waals surface area contributed by atoms with Gasteiger partial charge in [0.1, 0.15) is 11.9 Å². The lowest BCUT2D eigenvalue weighted by molar-refractivity contribution is -0.138. The van der Waals surface area contributed by atoms with Crippen molar-refractivity contribution in [2.45, 2.75) is 6.92 Å². The van der Waals surface area contributed by atoms with Crippen LogP contribution in [-0.4, -0.2) is 17.6 Å². The quantitative estimate of drug-likeness (QED) is 0.523. The van der Waals surface area contributed by atoms with Gasteiger partial charge in [0.15, 0.2) is 5.57 Å². The highest BCUT2D eigenvalue weighted by Crippen LogP contribution is 2.14. The summed E-state index contributed by atoms with van der Waals surface area (Å²) in [6.07, 6.45) is 1.30. The van der Waals surface area contributed by atoms with Crippen molar-refractivity contribution in [2.24, 2.45) is 0 Å². The van der Waals surface area contributed by atoms with Crippen molar-refractivity contribution in [3.05, 3.63) is 48.2 Å². The molecule has 0 bridgehead atoms. The van der Waals surface area contributed by atoms with Crippen molar-refractivity contribution in [3.63, 3.8) is 0 Å². The van der Waals surface area contributed by atoms with Crippen LogP contribution in [0, 0.1) is 11.3 Å². The second kappa shape index (κ2) is 6.34. The van der Waals surface area contributed by atoms with Crippen molar-refractivity contribution in [3.8, 4) is 6.07 Å². The molecule has 1 aromatic carbocycles. The van der Waals surface area contributed by atoms with E-state index in [1.54, 1.807) is 19.1 Å². The third-order valence-corrected chi connectivity index (χ3v) is 2.58. The van der Waals surface area contributed by atoms with Crippen molar-refractivity contribution >= 4 is 22.7 Å². The molecule has 0 aliphatic rings. The molecule has 0 atom stereocenters. The number of esters is 1. The first-order valence-corrected chi connectivity index (χ1v) is 6.14. The lowest BCUT2D eigenvalue weighted by Gasteiger charge is -2.03. The van der Waals surface area contributed by atoms with E-state index in [0.29, 0.717) is 5.82 Å². The smallest absolute Gasteiger partial charge is 0.350 e. The molecule has 0 saturated heterocycles. The van der Waals surface area contributed by atoms with E-state index in [1.807, 2.05) is 30.3 Å². The second-order valence-corrected chi connectivity index (χ2v) is 3.92. The van der Waals surface area contributed by atoms with Gasteiger partial charge in [-0.05, 0) is 25.1 Å². The van der Waals surface area contributed by atoms with Gasteiger partial charge in [0.2, 0.25) is 0 Å². The largest absolute Gasteiger partial charge is 0.462 e. The van der Waals surface area contributed by atoms with Crippen LogP contribution in [0.2, 0.25) is 0 Å². The standard InChI is InChI=1S/C15H13N3O2/c1-2-20-15(19)12(9-16)10-17-14-8-7-11-5-3-4-6-13(11)18-14/h3-8,10H,2H2,1H3,(H,17,18)/b12-10+. The van der Waals surface area contributed by atoms with E-state index in [0.717, 1.165) is 10.9 Å². The summed E-state index contributed by atoms with van der Waals surface area (Å²) in [5.41, 5.74) is 0.738. The van der Waals surface area contributed by atoms with Gasteiger partial charge < -0.3 is 10.1 Å². The molecular weight excluding hydrogens is 254 g/mol. The Balaban J connectivity index is 2.19. The van der Waals surface area contributed by atoms with Crippen molar-refractivity contribution in [1.29, 1.82) is 5.26 Å². The Kier molecular flexibility index (Phi) is 4.30. The third-order valence-electron chi connectivity index (χ3n) is 2.58. The molecule has 0 radical (unpaired) electrons. The summed E-state index contributed by atoms with van der Waals surface area (Å²) < 4.78 is 4.76. The summed E-state index contributed by atoms with van der Waals surface area (Å²) in [4.78, 5) is 15.8. The van der Waals surface area contributed by atoms with Crippen LogP contribution >= 0.6 is 0 Å². The summed E-state index contributed by atoms with van der Waals surface area (Å²) in [6, 6.07) is 13.2. The van der Waals surface area contributed by atoms with Gasteiger partial charge in [-0.2, -0.15) is 5.26 Å². The van der Waals surface area contributed by atoms with E-state index in [-0.39, 0.29) is 12.2 Å². The zero-order valence-electron chi connectivity index (χ0n) is 11.0. The molecule has 1 N–H and O–H groups in total. The van der Waals surface area contributed by atoms with Crippen LogP contribution in [0.3, 0.4) is 0 Å². The minimum Gasteiger partial charge on any atom is -0.462 e. The third kappa shape index (κ3) is 3.12. The van der Waals surface area contributed by atoms with Crippen LogP contribution in [-0.2, 0) is 9.53 Å². The Morgan fingerprint density at radius 3 is 2.95 bits per heavy atom. The Hall–Kier alpha value is -2.87. The number of rotatable bonds is 4. The van der Waals surface area contributed by atoms with Gasteiger partial charge in [0.25, 0.3) is 0 Å². The highest BCUT2D eigenvalue weighted by Gasteiger charge is 2.09. The molecular formula is C15H13N3O2. The Bertz CT molecular complexity index is 702. The first-order chi connectivity index (χ1) is 9.74. The predicted octanol–water partition coefficient (Wildman–Crippen LogP) is 2.62. The lowest BCUT2D eigenvalue weighted by atomic mass is 10.2. The van der Waals surface area contributed by atoms with E-state index in [9.17, 15) is 4.79 Å². The summed E-state index contributed by atoms with van der Waals surface area (Å²) >= 11 is 0. The fraction of sp³-hybridized carbons (Fsp3) is 0.133. The number of hydrogen-bond donors (Lipinski definition) is 1. The Labute approximate surface area is 116 Å². The Morgan fingerprint density at radius 1 is 1.40 bits per heavy atom. The molecule has 2 rings (SSSR count). The molecule has 2 aromatic rings.